The summed E-state index contributed by atoms with van der Waals surface area (Å²) < 4.78 is 66.6. The zero-order valence-corrected chi connectivity index (χ0v) is 26.9. The molecule has 52 heavy (non-hydrogen) atoms. The zero-order valence-electron chi connectivity index (χ0n) is 25.3. The van der Waals surface area contributed by atoms with Crippen LogP contribution in [-0.2, 0) is 20.2 Å². The van der Waals surface area contributed by atoms with Gasteiger partial charge in [-0.1, -0.05) is 0 Å². The van der Waals surface area contributed by atoms with Crippen molar-refractivity contribution in [2.45, 2.75) is 9.79 Å². The number of rotatable bonds is 10. The lowest BCUT2D eigenvalue weighted by Crippen LogP contribution is -2.00. The summed E-state index contributed by atoms with van der Waals surface area (Å²) in [6, 6.07) is 11.1. The molecule has 0 aliphatic rings. The van der Waals surface area contributed by atoms with Gasteiger partial charge >= 0.3 is 0 Å². The third kappa shape index (κ3) is 7.73. The van der Waals surface area contributed by atoms with E-state index in [1.807, 2.05) is 0 Å². The number of hydrogen-bond acceptors (Lipinski definition) is 18. The fraction of sp³-hybridized carbons (Fsp3) is 0. The molecule has 22 nitrogen and oxygen atoms in total. The van der Waals surface area contributed by atoms with E-state index in [9.17, 15) is 66.6 Å². The Morgan fingerprint density at radius 1 is 0.519 bits per heavy atom. The fourth-order valence-corrected chi connectivity index (χ4v) is 5.41. The largest absolute Gasteiger partial charge is 0.507 e. The summed E-state index contributed by atoms with van der Waals surface area (Å²) >= 11 is 0. The first kappa shape index (κ1) is 36.3. The Morgan fingerprint density at radius 2 is 1.02 bits per heavy atom. The number of nitro benzene ring substituents is 2. The van der Waals surface area contributed by atoms with E-state index in [1.165, 1.54) is 12.1 Å². The minimum absolute atomic E-state index is 0.00337. The molecule has 5 aromatic carbocycles. The third-order valence-corrected chi connectivity index (χ3v) is 8.45. The number of benzene rings is 5. The highest BCUT2D eigenvalue weighted by Crippen LogP contribution is 2.51. The number of azo groups is 3. The van der Waals surface area contributed by atoms with Crippen LogP contribution in [0.5, 0.6) is 23.0 Å². The van der Waals surface area contributed by atoms with Gasteiger partial charge in [-0.2, -0.15) is 21.9 Å². The first-order chi connectivity index (χ1) is 24.3. The van der Waals surface area contributed by atoms with Gasteiger partial charge in [0.25, 0.3) is 31.6 Å². The summed E-state index contributed by atoms with van der Waals surface area (Å²) in [6.07, 6.45) is 0. The van der Waals surface area contributed by atoms with Crippen LogP contribution >= 0.6 is 0 Å². The fourth-order valence-electron chi connectivity index (χ4n) is 4.34. The summed E-state index contributed by atoms with van der Waals surface area (Å²) in [7, 11) is -9.92. The molecule has 0 aliphatic heterocycles. The van der Waals surface area contributed by atoms with Gasteiger partial charge in [0, 0.05) is 30.3 Å². The Hall–Kier alpha value is -7.02. The van der Waals surface area contributed by atoms with Crippen molar-refractivity contribution in [3.8, 4) is 23.0 Å². The molecule has 0 fully saturated rings. The maximum atomic E-state index is 12.0. The SMILES string of the molecule is O=[N+]([O-])c1ccc(N=Nc2c(O)c(N=Nc3ccc([N+](=O)[O-])cc3O)cc(N=Nc3cc(S(=O)(=O)O)cc4cc(S(=O)(=O)O)cc(O)c34)c2O)cc1. The maximum Gasteiger partial charge on any atom is 0.294 e. The lowest BCUT2D eigenvalue weighted by atomic mass is 10.1. The van der Waals surface area contributed by atoms with Gasteiger partial charge in [-0.15, -0.1) is 25.6 Å². The Kier molecular flexibility index (Phi) is 9.56. The highest BCUT2D eigenvalue weighted by atomic mass is 32.2. The monoisotopic (exact) mass is 754 g/mol. The number of nitro groups is 2. The molecule has 0 saturated heterocycles. The molecule has 0 atom stereocenters. The van der Waals surface area contributed by atoms with Crippen LogP contribution in [0.15, 0.2) is 113 Å². The van der Waals surface area contributed by atoms with Gasteiger partial charge in [0.15, 0.2) is 17.2 Å². The number of non-ortho nitro benzene ring substituents is 2. The summed E-state index contributed by atoms with van der Waals surface area (Å²) in [4.78, 5) is 18.8. The van der Waals surface area contributed by atoms with Crippen LogP contribution in [0.25, 0.3) is 10.8 Å². The molecule has 0 saturated carbocycles. The molecule has 5 aromatic rings. The predicted molar refractivity (Wildman–Crippen MR) is 175 cm³/mol. The minimum Gasteiger partial charge on any atom is -0.507 e. The van der Waals surface area contributed by atoms with E-state index < -0.39 is 91.3 Å². The van der Waals surface area contributed by atoms with Crippen molar-refractivity contribution in [3.63, 3.8) is 0 Å². The van der Waals surface area contributed by atoms with E-state index in [2.05, 4.69) is 30.7 Å². The molecule has 24 heteroatoms. The topological polar surface area (TPSA) is 350 Å². The Morgan fingerprint density at radius 3 is 1.54 bits per heavy atom. The summed E-state index contributed by atoms with van der Waals surface area (Å²) in [5, 5.41) is 86.8. The van der Waals surface area contributed by atoms with Crippen LogP contribution in [0, 0.1) is 20.2 Å². The Labute approximate surface area is 288 Å². The summed E-state index contributed by atoms with van der Waals surface area (Å²) in [5.41, 5.74) is -3.50. The second kappa shape index (κ2) is 13.7. The van der Waals surface area contributed by atoms with E-state index in [-0.39, 0.29) is 27.8 Å². The highest BCUT2D eigenvalue weighted by molar-refractivity contribution is 7.86. The number of nitrogens with zero attached hydrogens (tertiary/aromatic N) is 8. The van der Waals surface area contributed by atoms with Gasteiger partial charge < -0.3 is 20.4 Å². The van der Waals surface area contributed by atoms with Crippen LogP contribution in [0.3, 0.4) is 0 Å². The van der Waals surface area contributed by atoms with Gasteiger partial charge in [0.05, 0.1) is 42.5 Å². The number of fused-ring (bicyclic) bond motifs is 1. The van der Waals surface area contributed by atoms with Gasteiger partial charge in [-0.25, -0.2) is 0 Å². The molecule has 6 N–H and O–H groups in total. The average Bonchev–Trinajstić information content (AvgIpc) is 3.06. The van der Waals surface area contributed by atoms with Crippen LogP contribution in [0.4, 0.5) is 45.5 Å². The van der Waals surface area contributed by atoms with Crippen molar-refractivity contribution in [2.75, 3.05) is 0 Å². The van der Waals surface area contributed by atoms with Crippen molar-refractivity contribution in [1.29, 1.82) is 0 Å². The molecule has 0 bridgehead atoms. The summed E-state index contributed by atoms with van der Waals surface area (Å²) in [6.45, 7) is 0. The predicted octanol–water partition coefficient (Wildman–Crippen LogP) is 7.22. The van der Waals surface area contributed by atoms with Crippen molar-refractivity contribution in [3.05, 3.63) is 93.0 Å². The molecular weight excluding hydrogens is 736 g/mol. The van der Waals surface area contributed by atoms with Crippen molar-refractivity contribution in [1.82, 2.24) is 0 Å². The molecular formula is C28H18N8O14S2. The minimum atomic E-state index is -5.00. The quantitative estimate of drug-likeness (QED) is 0.0355. The van der Waals surface area contributed by atoms with Crippen LogP contribution < -0.4 is 0 Å². The third-order valence-electron chi connectivity index (χ3n) is 6.78. The van der Waals surface area contributed by atoms with Crippen LogP contribution in [0.1, 0.15) is 0 Å². The smallest absolute Gasteiger partial charge is 0.294 e. The number of phenolic OH excluding ortho intramolecular Hbond substituents is 4. The Bertz CT molecular complexity index is 2630. The first-order valence-corrected chi connectivity index (χ1v) is 16.5. The van der Waals surface area contributed by atoms with Gasteiger partial charge in [0.1, 0.15) is 28.6 Å². The lowest BCUT2D eigenvalue weighted by Gasteiger charge is -2.10. The van der Waals surface area contributed by atoms with E-state index in [0.717, 1.165) is 54.6 Å². The van der Waals surface area contributed by atoms with Crippen LogP contribution in [-0.4, -0.2) is 56.2 Å². The normalized spacial score (nSPS) is 12.3. The number of hydrogen-bond donors (Lipinski definition) is 6. The van der Waals surface area contributed by atoms with Gasteiger partial charge in [-0.3, -0.25) is 29.3 Å². The molecule has 0 unspecified atom stereocenters. The molecule has 0 spiro atoms. The second-order valence-electron chi connectivity index (χ2n) is 10.2. The average molecular weight is 755 g/mol. The molecule has 0 aliphatic carbocycles. The first-order valence-electron chi connectivity index (χ1n) is 13.6. The molecule has 5 rings (SSSR count). The van der Waals surface area contributed by atoms with Crippen molar-refractivity contribution in [2.24, 2.45) is 30.7 Å². The molecule has 266 valence electrons. The van der Waals surface area contributed by atoms with Crippen molar-refractivity contribution >= 4 is 76.5 Å². The number of aromatic hydroxyl groups is 4. The second-order valence-corrected chi connectivity index (χ2v) is 13.0. The number of phenols is 4. The van der Waals surface area contributed by atoms with E-state index >= 15 is 0 Å². The summed E-state index contributed by atoms with van der Waals surface area (Å²) in [5.74, 6) is -3.37. The lowest BCUT2D eigenvalue weighted by molar-refractivity contribution is -0.385. The van der Waals surface area contributed by atoms with Crippen LogP contribution in [0.2, 0.25) is 0 Å². The van der Waals surface area contributed by atoms with Gasteiger partial charge in [0.2, 0.25) is 0 Å². The molecule has 0 amide bonds. The highest BCUT2D eigenvalue weighted by Gasteiger charge is 2.22. The zero-order chi connectivity index (χ0) is 38.1. The van der Waals surface area contributed by atoms with Crippen molar-refractivity contribution < 1.29 is 56.2 Å². The molecule has 0 heterocycles. The van der Waals surface area contributed by atoms with Gasteiger partial charge in [-0.05, 0) is 41.8 Å². The standard InChI is InChI=1S/C28H18N8O14S2/c37-23-9-16(36(43)44)5-6-19(23)30-32-21-12-22(28(40)26(27(21)39)34-29-14-1-3-15(4-2-14)35(41)42)33-31-20-10-17(51(45,46)47)7-13-8-18(52(48,49)50)11-24(38)25(13)20/h1-12,37-40H,(H,45,46,47)(H,48,49,50). The Balaban J connectivity index is 1.69. The molecule has 0 radical (unpaired) electrons. The maximum absolute atomic E-state index is 12.0. The van der Waals surface area contributed by atoms with E-state index in [1.54, 1.807) is 0 Å². The molecule has 0 aromatic heterocycles. The van der Waals surface area contributed by atoms with E-state index in [4.69, 9.17) is 0 Å². The van der Waals surface area contributed by atoms with E-state index in [0.29, 0.717) is 6.07 Å².